The van der Waals surface area contributed by atoms with Crippen molar-refractivity contribution >= 4 is 34.3 Å². The predicted octanol–water partition coefficient (Wildman–Crippen LogP) is 2.22. The van der Waals surface area contributed by atoms with E-state index in [1.165, 1.54) is 16.4 Å². The van der Waals surface area contributed by atoms with E-state index in [2.05, 4.69) is 37.9 Å². The largest absolute Gasteiger partial charge is 0.302 e. The molecule has 9 heteroatoms. The summed E-state index contributed by atoms with van der Waals surface area (Å²) in [6.45, 7) is 0. The van der Waals surface area contributed by atoms with Gasteiger partial charge in [0.1, 0.15) is 11.4 Å². The average molecular weight is 377 g/mol. The molecule has 2 heterocycles. The maximum Gasteiger partial charge on any atom is 0.302 e. The van der Waals surface area contributed by atoms with Crippen molar-refractivity contribution in [2.45, 2.75) is 5.16 Å². The molecule has 5 rings (SSSR count). The molecule has 0 saturated carbocycles. The number of carbonyl (C=O) groups is 1. The molecule has 0 spiro atoms. The molecule has 0 aliphatic heterocycles. The van der Waals surface area contributed by atoms with E-state index in [0.717, 1.165) is 33.3 Å². The Morgan fingerprint density at radius 3 is 2.67 bits per heavy atom. The van der Waals surface area contributed by atoms with Crippen LogP contribution in [0.25, 0.3) is 33.3 Å². The number of nitrogens with zero attached hydrogens (tertiary/aromatic N) is 5. The number of carbonyl (C=O) groups excluding carboxylic acids is 1. The number of hydrogen-bond donors (Lipinski definition) is 1. The zero-order valence-corrected chi connectivity index (χ0v) is 15.0. The molecule has 0 unspecified atom stereocenters. The number of amides is 1. The van der Waals surface area contributed by atoms with Crippen molar-refractivity contribution in [3.05, 3.63) is 42.6 Å². The van der Waals surface area contributed by atoms with Crippen molar-refractivity contribution < 1.29 is 14.0 Å². The summed E-state index contributed by atoms with van der Waals surface area (Å²) in [4.78, 5) is 16.7. The Labute approximate surface area is 157 Å². The highest BCUT2D eigenvalue weighted by Crippen LogP contribution is 2.44. The molecule has 0 fully saturated rings. The second kappa shape index (κ2) is 6.13. The highest BCUT2D eigenvalue weighted by Gasteiger charge is 2.25. The van der Waals surface area contributed by atoms with Crippen LogP contribution < -0.4 is 10.00 Å². The van der Waals surface area contributed by atoms with Gasteiger partial charge in [0.15, 0.2) is 12.3 Å². The fourth-order valence-corrected chi connectivity index (χ4v) is 3.75. The molecular formula is C18H13N6O2S+. The van der Waals surface area contributed by atoms with Gasteiger partial charge in [-0.05, 0) is 5.39 Å². The number of nitrogens with one attached hydrogen (secondary N) is 1. The summed E-state index contributed by atoms with van der Waals surface area (Å²) in [6.07, 6.45) is 1.58. The molecular weight excluding hydrogens is 364 g/mol. The third-order valence-corrected chi connectivity index (χ3v) is 5.09. The van der Waals surface area contributed by atoms with E-state index in [1.807, 2.05) is 24.3 Å². The molecule has 132 valence electrons. The third kappa shape index (κ3) is 2.72. The van der Waals surface area contributed by atoms with Gasteiger partial charge in [-0.25, -0.2) is 4.98 Å². The van der Waals surface area contributed by atoms with E-state index in [-0.39, 0.29) is 11.7 Å². The first kappa shape index (κ1) is 15.9. The van der Waals surface area contributed by atoms with Crippen LogP contribution in [0.1, 0.15) is 0 Å². The zero-order chi connectivity index (χ0) is 18.4. The number of rotatable bonds is 4. The van der Waals surface area contributed by atoms with Gasteiger partial charge in [0.2, 0.25) is 11.1 Å². The van der Waals surface area contributed by atoms with Crippen LogP contribution in [0.2, 0.25) is 0 Å². The van der Waals surface area contributed by atoms with E-state index in [4.69, 9.17) is 4.52 Å². The zero-order valence-electron chi connectivity index (χ0n) is 14.2. The van der Waals surface area contributed by atoms with Crippen molar-refractivity contribution in [1.82, 2.24) is 20.5 Å². The van der Waals surface area contributed by atoms with E-state index in [0.29, 0.717) is 11.0 Å². The molecule has 4 aromatic rings. The standard InChI is InChI=1S/C18H12N6O2S/c1-24-8-14(26-23-24)19-13(25)9-27-18-20-16-11-6-2-4-10-5-3-7-12(15(10)11)17(16)21-22-18/h2-8H,9H2,1H3/p+1. The van der Waals surface area contributed by atoms with Crippen LogP contribution in [-0.2, 0) is 11.8 Å². The van der Waals surface area contributed by atoms with Crippen molar-refractivity contribution in [3.8, 4) is 22.5 Å². The molecule has 0 atom stereocenters. The van der Waals surface area contributed by atoms with Crippen molar-refractivity contribution in [1.29, 1.82) is 0 Å². The molecule has 0 bridgehead atoms. The fraction of sp³-hybridized carbons (Fsp3) is 0.111. The van der Waals surface area contributed by atoms with Gasteiger partial charge in [0, 0.05) is 16.5 Å². The van der Waals surface area contributed by atoms with Crippen molar-refractivity contribution in [2.24, 2.45) is 7.05 Å². The lowest BCUT2D eigenvalue weighted by Gasteiger charge is -2.03. The maximum absolute atomic E-state index is 12.1. The van der Waals surface area contributed by atoms with Gasteiger partial charge in [0.05, 0.1) is 5.75 Å². The Morgan fingerprint density at radius 1 is 1.15 bits per heavy atom. The van der Waals surface area contributed by atoms with Gasteiger partial charge in [-0.1, -0.05) is 52.8 Å². The summed E-state index contributed by atoms with van der Waals surface area (Å²) >= 11 is 1.22. The Bertz CT molecular complexity index is 1200. The summed E-state index contributed by atoms with van der Waals surface area (Å²) < 4.78 is 6.41. The van der Waals surface area contributed by atoms with Gasteiger partial charge >= 0.3 is 5.88 Å². The summed E-state index contributed by atoms with van der Waals surface area (Å²) in [5, 5.41) is 17.6. The quantitative estimate of drug-likeness (QED) is 0.379. The lowest BCUT2D eigenvalue weighted by atomic mass is 10.0. The monoisotopic (exact) mass is 377 g/mol. The molecule has 0 saturated heterocycles. The van der Waals surface area contributed by atoms with Gasteiger partial charge in [-0.15, -0.1) is 10.2 Å². The second-order valence-electron chi connectivity index (χ2n) is 6.08. The number of aryl methyl sites for hydroxylation is 1. The van der Waals surface area contributed by atoms with Crippen LogP contribution in [0, 0.1) is 0 Å². The van der Waals surface area contributed by atoms with Crippen LogP contribution in [0.5, 0.6) is 0 Å². The number of anilines is 1. The molecule has 1 amide bonds. The van der Waals surface area contributed by atoms with Gasteiger partial charge in [0.25, 0.3) is 6.20 Å². The summed E-state index contributed by atoms with van der Waals surface area (Å²) in [5.74, 6) is 0.201. The maximum atomic E-state index is 12.1. The van der Waals surface area contributed by atoms with Crippen molar-refractivity contribution in [3.63, 3.8) is 0 Å². The SMILES string of the molecule is C[n+]1cc(NC(=O)CSc2nnc3c(n2)-c2cccc4cccc-3c24)on1. The minimum atomic E-state index is -0.230. The number of aromatic nitrogens is 5. The summed E-state index contributed by atoms with van der Waals surface area (Å²) in [7, 11) is 1.70. The first-order valence-corrected chi connectivity index (χ1v) is 9.20. The van der Waals surface area contributed by atoms with E-state index in [1.54, 1.807) is 13.2 Å². The second-order valence-corrected chi connectivity index (χ2v) is 7.02. The first-order valence-electron chi connectivity index (χ1n) is 8.21. The minimum absolute atomic E-state index is 0.141. The fourth-order valence-electron chi connectivity index (χ4n) is 3.16. The van der Waals surface area contributed by atoms with Gasteiger partial charge in [-0.3, -0.25) is 14.6 Å². The van der Waals surface area contributed by atoms with Crippen LogP contribution >= 0.6 is 11.8 Å². The molecule has 1 aliphatic carbocycles. The molecule has 1 N–H and O–H groups in total. The highest BCUT2D eigenvalue weighted by atomic mass is 32.2. The highest BCUT2D eigenvalue weighted by molar-refractivity contribution is 7.99. The number of benzene rings is 2. The van der Waals surface area contributed by atoms with Crippen LogP contribution in [0.15, 0.2) is 52.3 Å². The van der Waals surface area contributed by atoms with E-state index >= 15 is 0 Å². The molecule has 2 aromatic heterocycles. The van der Waals surface area contributed by atoms with E-state index < -0.39 is 0 Å². The first-order chi connectivity index (χ1) is 13.2. The molecule has 2 aromatic carbocycles. The lowest BCUT2D eigenvalue weighted by Crippen LogP contribution is -2.28. The van der Waals surface area contributed by atoms with Crippen molar-refractivity contribution in [2.75, 3.05) is 11.1 Å². The van der Waals surface area contributed by atoms with Gasteiger partial charge in [-0.2, -0.15) is 0 Å². The Morgan fingerprint density at radius 2 is 1.93 bits per heavy atom. The molecule has 27 heavy (non-hydrogen) atoms. The topological polar surface area (TPSA) is 97.7 Å². The van der Waals surface area contributed by atoms with Crippen LogP contribution in [0.4, 0.5) is 5.88 Å². The number of hydrogen-bond acceptors (Lipinski definition) is 7. The summed E-state index contributed by atoms with van der Waals surface area (Å²) in [6, 6.07) is 12.2. The van der Waals surface area contributed by atoms with E-state index in [9.17, 15) is 4.79 Å². The Hall–Kier alpha value is -3.33. The smallest absolute Gasteiger partial charge is 0.288 e. The normalized spacial score (nSPS) is 11.6. The molecule has 1 aliphatic rings. The summed E-state index contributed by atoms with van der Waals surface area (Å²) in [5.41, 5.74) is 3.69. The van der Waals surface area contributed by atoms with Crippen LogP contribution in [0.3, 0.4) is 0 Å². The number of thioether (sulfide) groups is 1. The van der Waals surface area contributed by atoms with Crippen LogP contribution in [-0.4, -0.2) is 32.1 Å². The Kier molecular flexibility index (Phi) is 3.61. The predicted molar refractivity (Wildman–Crippen MR) is 98.8 cm³/mol. The lowest BCUT2D eigenvalue weighted by molar-refractivity contribution is -0.739. The minimum Gasteiger partial charge on any atom is -0.288 e. The number of fused-ring (bicyclic) bond motifs is 3. The Balaban J connectivity index is 1.38. The molecule has 8 nitrogen and oxygen atoms in total. The third-order valence-electron chi connectivity index (χ3n) is 4.25. The molecule has 0 radical (unpaired) electrons. The van der Waals surface area contributed by atoms with Gasteiger partial charge < -0.3 is 0 Å². The average Bonchev–Trinajstić information content (AvgIpc) is 3.23.